The van der Waals surface area contributed by atoms with Gasteiger partial charge in [-0.3, -0.25) is 0 Å². The third-order valence-corrected chi connectivity index (χ3v) is 3.54. The van der Waals surface area contributed by atoms with Gasteiger partial charge in [0.15, 0.2) is 0 Å². The molecule has 5 heteroatoms. The highest BCUT2D eigenvalue weighted by atomic mass is 32.2. The van der Waals surface area contributed by atoms with E-state index in [0.29, 0.717) is 11.7 Å². The average Bonchev–Trinajstić information content (AvgIpc) is 2.28. The van der Waals surface area contributed by atoms with Crippen LogP contribution in [-0.2, 0) is 0 Å². The normalized spacial score (nSPS) is 12.2. The molecular weight excluding hydrogens is 236 g/mol. The molecule has 0 fully saturated rings. The van der Waals surface area contributed by atoms with Crippen LogP contribution in [0.1, 0.15) is 17.3 Å². The Morgan fingerprint density at radius 2 is 2.24 bits per heavy atom. The van der Waals surface area contributed by atoms with Crippen molar-refractivity contribution in [3.05, 3.63) is 23.8 Å². The fourth-order valence-corrected chi connectivity index (χ4v) is 2.31. The van der Waals surface area contributed by atoms with Gasteiger partial charge in [0.05, 0.1) is 16.9 Å². The zero-order chi connectivity index (χ0) is 13.0. The van der Waals surface area contributed by atoms with Gasteiger partial charge in [-0.25, -0.2) is 4.79 Å². The van der Waals surface area contributed by atoms with Gasteiger partial charge >= 0.3 is 5.97 Å². The van der Waals surface area contributed by atoms with E-state index < -0.39 is 5.97 Å². The minimum atomic E-state index is -0.955. The maximum Gasteiger partial charge on any atom is 0.335 e. The first-order valence-corrected chi connectivity index (χ1v) is 6.71. The SMILES string of the molecule is CSCC(C)N(C)c1ccc(C(=O)O)cc1N. The molecule has 0 heterocycles. The summed E-state index contributed by atoms with van der Waals surface area (Å²) in [6.45, 7) is 2.11. The predicted molar refractivity (Wildman–Crippen MR) is 74.1 cm³/mol. The molecule has 0 aliphatic carbocycles. The fraction of sp³-hybridized carbons (Fsp3) is 0.417. The van der Waals surface area contributed by atoms with Crippen LogP contribution in [0.25, 0.3) is 0 Å². The summed E-state index contributed by atoms with van der Waals surface area (Å²) in [5, 5.41) is 8.86. The van der Waals surface area contributed by atoms with Gasteiger partial charge in [-0.1, -0.05) is 0 Å². The highest BCUT2D eigenvalue weighted by Gasteiger charge is 2.13. The molecule has 0 saturated heterocycles. The number of carbonyl (C=O) groups is 1. The van der Waals surface area contributed by atoms with Gasteiger partial charge in [0.25, 0.3) is 0 Å². The molecule has 1 unspecified atom stereocenters. The molecule has 3 N–H and O–H groups in total. The first-order chi connectivity index (χ1) is 7.97. The quantitative estimate of drug-likeness (QED) is 0.788. The summed E-state index contributed by atoms with van der Waals surface area (Å²) in [6, 6.07) is 5.19. The highest BCUT2D eigenvalue weighted by Crippen LogP contribution is 2.25. The predicted octanol–water partition coefficient (Wildman–Crippen LogP) is 2.15. The summed E-state index contributed by atoms with van der Waals surface area (Å²) in [7, 11) is 1.97. The number of aromatic carboxylic acids is 1. The summed E-state index contributed by atoms with van der Waals surface area (Å²) in [4.78, 5) is 12.9. The van der Waals surface area contributed by atoms with Crippen molar-refractivity contribution in [2.45, 2.75) is 13.0 Å². The average molecular weight is 254 g/mol. The van der Waals surface area contributed by atoms with Gasteiger partial charge < -0.3 is 15.7 Å². The number of carboxylic acid groups (broad SMARTS) is 1. The smallest absolute Gasteiger partial charge is 0.335 e. The molecule has 0 spiro atoms. The van der Waals surface area contributed by atoms with Crippen molar-refractivity contribution in [1.29, 1.82) is 0 Å². The summed E-state index contributed by atoms with van der Waals surface area (Å²) in [6.07, 6.45) is 2.06. The molecule has 1 rings (SSSR count). The van der Waals surface area contributed by atoms with Crippen LogP contribution in [-0.4, -0.2) is 36.2 Å². The number of benzene rings is 1. The molecule has 0 radical (unpaired) electrons. The van der Waals surface area contributed by atoms with Crippen LogP contribution in [0.3, 0.4) is 0 Å². The van der Waals surface area contributed by atoms with E-state index in [-0.39, 0.29) is 5.56 Å². The third-order valence-electron chi connectivity index (χ3n) is 2.72. The van der Waals surface area contributed by atoms with Crippen molar-refractivity contribution in [1.82, 2.24) is 0 Å². The molecule has 17 heavy (non-hydrogen) atoms. The second-order valence-electron chi connectivity index (χ2n) is 3.99. The lowest BCUT2D eigenvalue weighted by molar-refractivity contribution is 0.0697. The molecule has 94 valence electrons. The number of rotatable bonds is 5. The van der Waals surface area contributed by atoms with E-state index in [0.717, 1.165) is 11.4 Å². The van der Waals surface area contributed by atoms with E-state index in [1.54, 1.807) is 23.9 Å². The van der Waals surface area contributed by atoms with E-state index in [2.05, 4.69) is 18.1 Å². The monoisotopic (exact) mass is 254 g/mol. The Morgan fingerprint density at radius 1 is 1.59 bits per heavy atom. The van der Waals surface area contributed by atoms with Crippen molar-refractivity contribution in [3.8, 4) is 0 Å². The first-order valence-electron chi connectivity index (χ1n) is 5.32. The van der Waals surface area contributed by atoms with Crippen molar-refractivity contribution < 1.29 is 9.90 Å². The van der Waals surface area contributed by atoms with Crippen LogP contribution in [0.15, 0.2) is 18.2 Å². The van der Waals surface area contributed by atoms with E-state index in [1.165, 1.54) is 6.07 Å². The lowest BCUT2D eigenvalue weighted by Crippen LogP contribution is -2.31. The molecule has 0 bridgehead atoms. The second-order valence-corrected chi connectivity index (χ2v) is 4.90. The molecule has 0 aliphatic rings. The standard InChI is InChI=1S/C12H18N2O2S/c1-8(7-17-3)14(2)11-5-4-9(12(15)16)6-10(11)13/h4-6,8H,7,13H2,1-3H3,(H,15,16). The van der Waals surface area contributed by atoms with Gasteiger partial charge in [0, 0.05) is 18.8 Å². The van der Waals surface area contributed by atoms with Gasteiger partial charge in [0.2, 0.25) is 0 Å². The number of hydrogen-bond acceptors (Lipinski definition) is 4. The second kappa shape index (κ2) is 5.82. The van der Waals surface area contributed by atoms with Crippen LogP contribution >= 0.6 is 11.8 Å². The zero-order valence-corrected chi connectivity index (χ0v) is 11.1. The van der Waals surface area contributed by atoms with Gasteiger partial charge in [-0.2, -0.15) is 11.8 Å². The Bertz CT molecular complexity index is 409. The van der Waals surface area contributed by atoms with Crippen molar-refractivity contribution in [2.75, 3.05) is 29.7 Å². The molecular formula is C12H18N2O2S. The molecule has 1 aromatic rings. The van der Waals surface area contributed by atoms with Crippen molar-refractivity contribution >= 4 is 29.1 Å². The number of nitrogens with zero attached hydrogens (tertiary/aromatic N) is 1. The molecule has 0 amide bonds. The minimum absolute atomic E-state index is 0.220. The number of hydrogen-bond donors (Lipinski definition) is 2. The number of carboxylic acids is 1. The Balaban J connectivity index is 2.95. The van der Waals surface area contributed by atoms with Gasteiger partial charge in [0.1, 0.15) is 0 Å². The lowest BCUT2D eigenvalue weighted by atomic mass is 10.1. The molecule has 1 atom stereocenters. The van der Waals surface area contributed by atoms with Crippen LogP contribution in [0.5, 0.6) is 0 Å². The van der Waals surface area contributed by atoms with Crippen molar-refractivity contribution in [2.24, 2.45) is 0 Å². The maximum atomic E-state index is 10.8. The van der Waals surface area contributed by atoms with Crippen LogP contribution in [0, 0.1) is 0 Å². The van der Waals surface area contributed by atoms with Crippen LogP contribution < -0.4 is 10.6 Å². The minimum Gasteiger partial charge on any atom is -0.478 e. The topological polar surface area (TPSA) is 66.6 Å². The summed E-state index contributed by atoms with van der Waals surface area (Å²) >= 11 is 1.77. The van der Waals surface area contributed by atoms with Crippen LogP contribution in [0.4, 0.5) is 11.4 Å². The molecule has 0 saturated carbocycles. The molecule has 4 nitrogen and oxygen atoms in total. The largest absolute Gasteiger partial charge is 0.478 e. The Kier molecular flexibility index (Phi) is 4.69. The molecule has 1 aromatic carbocycles. The Labute approximate surface area is 106 Å². The van der Waals surface area contributed by atoms with E-state index in [1.807, 2.05) is 7.05 Å². The summed E-state index contributed by atoms with van der Waals surface area (Å²) in [5.74, 6) is 0.0412. The van der Waals surface area contributed by atoms with E-state index in [4.69, 9.17) is 10.8 Å². The molecule has 0 aromatic heterocycles. The zero-order valence-electron chi connectivity index (χ0n) is 10.3. The number of thioether (sulfide) groups is 1. The van der Waals surface area contributed by atoms with Crippen LogP contribution in [0.2, 0.25) is 0 Å². The summed E-state index contributed by atoms with van der Waals surface area (Å²) in [5.41, 5.74) is 7.47. The third kappa shape index (κ3) is 3.30. The number of nitrogens with two attached hydrogens (primary N) is 1. The maximum absolute atomic E-state index is 10.8. The Hall–Kier alpha value is -1.36. The first kappa shape index (κ1) is 13.7. The fourth-order valence-electron chi connectivity index (χ4n) is 1.60. The Morgan fingerprint density at radius 3 is 2.71 bits per heavy atom. The number of anilines is 2. The lowest BCUT2D eigenvalue weighted by Gasteiger charge is -2.27. The van der Waals surface area contributed by atoms with Crippen molar-refractivity contribution in [3.63, 3.8) is 0 Å². The summed E-state index contributed by atoms with van der Waals surface area (Å²) < 4.78 is 0. The molecule has 0 aliphatic heterocycles. The van der Waals surface area contributed by atoms with E-state index >= 15 is 0 Å². The highest BCUT2D eigenvalue weighted by molar-refractivity contribution is 7.98. The van der Waals surface area contributed by atoms with E-state index in [9.17, 15) is 4.79 Å². The van der Waals surface area contributed by atoms with Gasteiger partial charge in [-0.15, -0.1) is 0 Å². The van der Waals surface area contributed by atoms with Gasteiger partial charge in [-0.05, 0) is 31.4 Å². The number of nitrogen functional groups attached to an aromatic ring is 1.